The smallest absolute Gasteiger partial charge is 0.290 e. The van der Waals surface area contributed by atoms with Gasteiger partial charge in [0.2, 0.25) is 5.91 Å². The molecule has 3 aromatic rings. The van der Waals surface area contributed by atoms with E-state index in [1.807, 2.05) is 62.5 Å². The molecule has 1 fully saturated rings. The Hall–Kier alpha value is -2.65. The molecule has 3 heterocycles. The maximum atomic E-state index is 14.0. The standard InChI is InChI=1S/C27H32ClN3O4S/c1-27(2,3)29-25(32)24(23-9-6-16-36-23)31(17-19-7-4-5-8-21(19)28)26(33)22-11-10-20(35-22)18-30-12-14-34-15-13-30/h4-11,16,24H,12-15,17-18H2,1-3H3,(H,29,32)/t24-/m0/s1. The van der Waals surface area contributed by atoms with Gasteiger partial charge < -0.3 is 19.4 Å². The zero-order valence-corrected chi connectivity index (χ0v) is 22.4. The van der Waals surface area contributed by atoms with E-state index in [2.05, 4.69) is 10.2 Å². The third-order valence-electron chi connectivity index (χ3n) is 5.79. The van der Waals surface area contributed by atoms with E-state index in [1.165, 1.54) is 11.3 Å². The molecule has 0 unspecified atom stereocenters. The topological polar surface area (TPSA) is 75.0 Å². The van der Waals surface area contributed by atoms with Crippen molar-refractivity contribution in [1.82, 2.24) is 15.1 Å². The second-order valence-electron chi connectivity index (χ2n) is 9.84. The summed E-state index contributed by atoms with van der Waals surface area (Å²) in [6.07, 6.45) is 0. The van der Waals surface area contributed by atoms with Gasteiger partial charge in [-0.1, -0.05) is 35.9 Å². The molecule has 2 amide bonds. The monoisotopic (exact) mass is 529 g/mol. The lowest BCUT2D eigenvalue weighted by atomic mass is 10.1. The minimum atomic E-state index is -0.846. The van der Waals surface area contributed by atoms with Crippen molar-refractivity contribution in [3.8, 4) is 0 Å². The molecule has 2 aromatic heterocycles. The minimum absolute atomic E-state index is 0.151. The Morgan fingerprint density at radius 1 is 1.11 bits per heavy atom. The summed E-state index contributed by atoms with van der Waals surface area (Å²) in [5.74, 6) is 0.260. The minimum Gasteiger partial charge on any atom is -0.455 e. The second-order valence-corrected chi connectivity index (χ2v) is 11.2. The zero-order valence-electron chi connectivity index (χ0n) is 20.8. The quantitative estimate of drug-likeness (QED) is 0.438. The first-order chi connectivity index (χ1) is 17.2. The number of carbonyl (C=O) groups excluding carboxylic acids is 2. The summed E-state index contributed by atoms with van der Waals surface area (Å²) < 4.78 is 11.4. The molecule has 7 nitrogen and oxygen atoms in total. The SMILES string of the molecule is CC(C)(C)NC(=O)[C@H](c1cccs1)N(Cc1ccccc1Cl)C(=O)c1ccc(CN2CCOCC2)o1. The van der Waals surface area contributed by atoms with Crippen LogP contribution in [0.15, 0.2) is 58.3 Å². The van der Waals surface area contributed by atoms with Crippen LogP contribution in [0.3, 0.4) is 0 Å². The molecule has 0 bridgehead atoms. The highest BCUT2D eigenvalue weighted by atomic mass is 35.5. The summed E-state index contributed by atoms with van der Waals surface area (Å²) in [4.78, 5) is 32.1. The number of benzene rings is 1. The lowest BCUT2D eigenvalue weighted by Crippen LogP contribution is -2.48. The predicted molar refractivity (Wildman–Crippen MR) is 141 cm³/mol. The van der Waals surface area contributed by atoms with Gasteiger partial charge in [0.25, 0.3) is 5.91 Å². The van der Waals surface area contributed by atoms with Crippen molar-refractivity contribution < 1.29 is 18.7 Å². The number of carbonyl (C=O) groups is 2. The highest BCUT2D eigenvalue weighted by Gasteiger charge is 2.36. The largest absolute Gasteiger partial charge is 0.455 e. The number of thiophene rings is 1. The molecule has 0 aliphatic carbocycles. The van der Waals surface area contributed by atoms with Crippen molar-refractivity contribution in [1.29, 1.82) is 0 Å². The van der Waals surface area contributed by atoms with Crippen molar-refractivity contribution in [2.45, 2.75) is 45.4 Å². The summed E-state index contributed by atoms with van der Waals surface area (Å²) in [6.45, 7) is 9.50. The van der Waals surface area contributed by atoms with E-state index in [0.29, 0.717) is 30.5 Å². The van der Waals surface area contributed by atoms with Gasteiger partial charge in [-0.2, -0.15) is 0 Å². The molecule has 1 aliphatic rings. The fraction of sp³-hybridized carbons (Fsp3) is 0.407. The van der Waals surface area contributed by atoms with E-state index in [9.17, 15) is 9.59 Å². The molecular formula is C27H32ClN3O4S. The molecule has 192 valence electrons. The number of nitrogens with one attached hydrogen (secondary N) is 1. The van der Waals surface area contributed by atoms with Crippen LogP contribution >= 0.6 is 22.9 Å². The Morgan fingerprint density at radius 2 is 1.86 bits per heavy atom. The molecule has 36 heavy (non-hydrogen) atoms. The van der Waals surface area contributed by atoms with Gasteiger partial charge >= 0.3 is 0 Å². The third kappa shape index (κ3) is 6.76. The average molecular weight is 530 g/mol. The van der Waals surface area contributed by atoms with Gasteiger partial charge in [0.05, 0.1) is 19.8 Å². The van der Waals surface area contributed by atoms with Gasteiger partial charge in [0.15, 0.2) is 5.76 Å². The van der Waals surface area contributed by atoms with Crippen molar-refractivity contribution in [2.75, 3.05) is 26.3 Å². The number of hydrogen-bond acceptors (Lipinski definition) is 6. The first kappa shape index (κ1) is 26.4. The molecular weight excluding hydrogens is 498 g/mol. The summed E-state index contributed by atoms with van der Waals surface area (Å²) in [6, 6.07) is 13.8. The van der Waals surface area contributed by atoms with E-state index in [1.54, 1.807) is 17.0 Å². The number of amides is 2. The summed E-state index contributed by atoms with van der Waals surface area (Å²) in [5, 5.41) is 5.48. The van der Waals surface area contributed by atoms with Gasteiger partial charge in [-0.15, -0.1) is 11.3 Å². The van der Waals surface area contributed by atoms with Gasteiger partial charge in [0.1, 0.15) is 11.8 Å². The van der Waals surface area contributed by atoms with Crippen LogP contribution in [-0.4, -0.2) is 53.5 Å². The average Bonchev–Trinajstić information content (AvgIpc) is 3.52. The molecule has 1 saturated heterocycles. The highest BCUT2D eigenvalue weighted by molar-refractivity contribution is 7.10. The first-order valence-corrected chi connectivity index (χ1v) is 13.3. The van der Waals surface area contributed by atoms with Crippen LogP contribution in [0.1, 0.15) is 53.6 Å². The van der Waals surface area contributed by atoms with Crippen molar-refractivity contribution >= 4 is 34.8 Å². The number of halogens is 1. The Bertz CT molecular complexity index is 1170. The van der Waals surface area contributed by atoms with Crippen LogP contribution in [0.25, 0.3) is 0 Å². The van der Waals surface area contributed by atoms with Crippen LogP contribution in [0.2, 0.25) is 5.02 Å². The van der Waals surface area contributed by atoms with Crippen molar-refractivity contribution in [3.63, 3.8) is 0 Å². The molecule has 1 atom stereocenters. The number of furan rings is 1. The van der Waals surface area contributed by atoms with E-state index in [0.717, 1.165) is 23.5 Å². The van der Waals surface area contributed by atoms with Crippen LogP contribution in [-0.2, 0) is 22.6 Å². The van der Waals surface area contributed by atoms with E-state index < -0.39 is 11.6 Å². The number of nitrogens with zero attached hydrogens (tertiary/aromatic N) is 2. The summed E-state index contributed by atoms with van der Waals surface area (Å²) >= 11 is 7.90. The van der Waals surface area contributed by atoms with E-state index in [4.69, 9.17) is 20.8 Å². The number of hydrogen-bond donors (Lipinski definition) is 1. The molecule has 1 N–H and O–H groups in total. The van der Waals surface area contributed by atoms with Crippen LogP contribution in [0.5, 0.6) is 0 Å². The highest BCUT2D eigenvalue weighted by Crippen LogP contribution is 2.31. The van der Waals surface area contributed by atoms with E-state index >= 15 is 0 Å². The van der Waals surface area contributed by atoms with Crippen LogP contribution in [0.4, 0.5) is 0 Å². The molecule has 9 heteroatoms. The second kappa shape index (κ2) is 11.6. The zero-order chi connectivity index (χ0) is 25.7. The van der Waals surface area contributed by atoms with E-state index in [-0.39, 0.29) is 24.1 Å². The first-order valence-electron chi connectivity index (χ1n) is 12.0. The Morgan fingerprint density at radius 3 is 2.53 bits per heavy atom. The lowest BCUT2D eigenvalue weighted by molar-refractivity contribution is -0.127. The number of rotatable bonds is 8. The molecule has 4 rings (SSSR count). The van der Waals surface area contributed by atoms with Crippen LogP contribution < -0.4 is 5.32 Å². The molecule has 0 spiro atoms. The van der Waals surface area contributed by atoms with Crippen LogP contribution in [0, 0.1) is 0 Å². The Balaban J connectivity index is 1.67. The van der Waals surface area contributed by atoms with Gasteiger partial charge in [-0.3, -0.25) is 14.5 Å². The molecule has 0 saturated carbocycles. The van der Waals surface area contributed by atoms with Gasteiger partial charge in [0, 0.05) is 35.1 Å². The number of morpholine rings is 1. The Labute approximate surface area is 221 Å². The maximum Gasteiger partial charge on any atom is 0.290 e. The van der Waals surface area contributed by atoms with Gasteiger partial charge in [-0.05, 0) is 56.0 Å². The lowest BCUT2D eigenvalue weighted by Gasteiger charge is -2.32. The molecule has 1 aromatic carbocycles. The van der Waals surface area contributed by atoms with Crippen molar-refractivity contribution in [3.05, 3.63) is 80.9 Å². The summed E-state index contributed by atoms with van der Waals surface area (Å²) in [7, 11) is 0. The van der Waals surface area contributed by atoms with Crippen molar-refractivity contribution in [2.24, 2.45) is 0 Å². The maximum absolute atomic E-state index is 14.0. The molecule has 0 radical (unpaired) electrons. The Kier molecular flexibility index (Phi) is 8.51. The fourth-order valence-electron chi connectivity index (χ4n) is 4.10. The third-order valence-corrected chi connectivity index (χ3v) is 7.08. The fourth-order valence-corrected chi connectivity index (χ4v) is 5.13. The summed E-state index contributed by atoms with van der Waals surface area (Å²) in [5.41, 5.74) is 0.277. The molecule has 1 aliphatic heterocycles. The predicted octanol–water partition coefficient (Wildman–Crippen LogP) is 5.13. The van der Waals surface area contributed by atoms with Gasteiger partial charge in [-0.25, -0.2) is 0 Å². The number of ether oxygens (including phenoxy) is 1. The normalized spacial score (nSPS) is 15.4.